The van der Waals surface area contributed by atoms with Crippen LogP contribution in [0.5, 0.6) is 0 Å². The lowest BCUT2D eigenvalue weighted by molar-refractivity contribution is -0.143. The zero-order valence-electron chi connectivity index (χ0n) is 12.7. The smallest absolute Gasteiger partial charge is 0.229 e. The molecule has 2 aliphatic rings. The van der Waals surface area contributed by atoms with Crippen LogP contribution in [0.3, 0.4) is 0 Å². The fourth-order valence-corrected chi connectivity index (χ4v) is 3.25. The van der Waals surface area contributed by atoms with Gasteiger partial charge in [0.1, 0.15) is 0 Å². The SMILES string of the molecule is CC(=O)NCC1CCN(C(=O)C2(C)CCCNC2)CC1. The molecule has 2 heterocycles. The summed E-state index contributed by atoms with van der Waals surface area (Å²) < 4.78 is 0. The van der Waals surface area contributed by atoms with Crippen LogP contribution in [0.2, 0.25) is 0 Å². The molecular weight excluding hydrogens is 254 g/mol. The Labute approximate surface area is 121 Å². The van der Waals surface area contributed by atoms with E-state index in [1.807, 2.05) is 4.90 Å². The summed E-state index contributed by atoms with van der Waals surface area (Å²) in [6.07, 6.45) is 4.07. The molecule has 0 saturated carbocycles. The molecule has 0 aromatic rings. The first-order chi connectivity index (χ1) is 9.51. The summed E-state index contributed by atoms with van der Waals surface area (Å²) in [7, 11) is 0. The van der Waals surface area contributed by atoms with Crippen molar-refractivity contribution < 1.29 is 9.59 Å². The van der Waals surface area contributed by atoms with Crippen molar-refractivity contribution in [2.75, 3.05) is 32.7 Å². The largest absolute Gasteiger partial charge is 0.356 e. The number of nitrogens with one attached hydrogen (secondary N) is 2. The molecule has 0 spiro atoms. The standard InChI is InChI=1S/C15H27N3O2/c1-12(19)17-10-13-4-8-18(9-5-13)14(20)15(2)6-3-7-16-11-15/h13,16H,3-11H2,1-2H3,(H,17,19). The number of amides is 2. The third kappa shape index (κ3) is 3.72. The van der Waals surface area contributed by atoms with Gasteiger partial charge in [0.25, 0.3) is 0 Å². The van der Waals surface area contributed by atoms with Gasteiger partial charge in [0.2, 0.25) is 11.8 Å². The van der Waals surface area contributed by atoms with E-state index in [-0.39, 0.29) is 11.3 Å². The Bertz CT molecular complexity index is 356. The summed E-state index contributed by atoms with van der Waals surface area (Å²) in [6.45, 7) is 7.88. The van der Waals surface area contributed by atoms with Crippen molar-refractivity contribution in [1.82, 2.24) is 15.5 Å². The Morgan fingerprint density at radius 1 is 1.35 bits per heavy atom. The Morgan fingerprint density at radius 2 is 2.05 bits per heavy atom. The highest BCUT2D eigenvalue weighted by molar-refractivity contribution is 5.82. The van der Waals surface area contributed by atoms with E-state index >= 15 is 0 Å². The molecule has 2 amide bonds. The molecule has 2 saturated heterocycles. The lowest BCUT2D eigenvalue weighted by atomic mass is 9.80. The van der Waals surface area contributed by atoms with Crippen molar-refractivity contribution in [3.05, 3.63) is 0 Å². The molecular formula is C15H27N3O2. The third-order valence-electron chi connectivity index (χ3n) is 4.66. The van der Waals surface area contributed by atoms with Crippen LogP contribution in [0.25, 0.3) is 0 Å². The van der Waals surface area contributed by atoms with E-state index in [0.29, 0.717) is 11.8 Å². The Balaban J connectivity index is 1.81. The fraction of sp³-hybridized carbons (Fsp3) is 0.867. The maximum absolute atomic E-state index is 12.7. The van der Waals surface area contributed by atoms with Crippen LogP contribution in [0.15, 0.2) is 0 Å². The highest BCUT2D eigenvalue weighted by Crippen LogP contribution is 2.30. The summed E-state index contributed by atoms with van der Waals surface area (Å²) in [6, 6.07) is 0. The first-order valence-electron chi connectivity index (χ1n) is 7.76. The molecule has 0 aromatic heterocycles. The molecule has 5 heteroatoms. The molecule has 0 radical (unpaired) electrons. The molecule has 114 valence electrons. The number of carbonyl (C=O) groups excluding carboxylic acids is 2. The maximum atomic E-state index is 12.7. The zero-order valence-corrected chi connectivity index (χ0v) is 12.7. The van der Waals surface area contributed by atoms with E-state index in [1.165, 1.54) is 0 Å². The van der Waals surface area contributed by atoms with Crippen LogP contribution in [0.1, 0.15) is 39.5 Å². The molecule has 20 heavy (non-hydrogen) atoms. The van der Waals surface area contributed by atoms with Gasteiger partial charge >= 0.3 is 0 Å². The third-order valence-corrected chi connectivity index (χ3v) is 4.66. The highest BCUT2D eigenvalue weighted by atomic mass is 16.2. The molecule has 2 aliphatic heterocycles. The van der Waals surface area contributed by atoms with Gasteiger partial charge in [-0.1, -0.05) is 0 Å². The van der Waals surface area contributed by atoms with E-state index < -0.39 is 0 Å². The van der Waals surface area contributed by atoms with Gasteiger partial charge in [0.15, 0.2) is 0 Å². The number of nitrogens with zero attached hydrogens (tertiary/aromatic N) is 1. The van der Waals surface area contributed by atoms with E-state index in [9.17, 15) is 9.59 Å². The first-order valence-corrected chi connectivity index (χ1v) is 7.76. The molecule has 0 aliphatic carbocycles. The molecule has 2 fully saturated rings. The summed E-state index contributed by atoms with van der Waals surface area (Å²) in [4.78, 5) is 25.6. The van der Waals surface area contributed by atoms with Gasteiger partial charge in [0.05, 0.1) is 5.41 Å². The van der Waals surface area contributed by atoms with Crippen LogP contribution in [0.4, 0.5) is 0 Å². The number of hydrogen-bond donors (Lipinski definition) is 2. The molecule has 1 atom stereocenters. The second kappa shape index (κ2) is 6.57. The Kier molecular flexibility index (Phi) is 5.02. The van der Waals surface area contributed by atoms with Gasteiger partial charge in [0, 0.05) is 33.1 Å². The summed E-state index contributed by atoms with van der Waals surface area (Å²) in [5, 5.41) is 6.22. The van der Waals surface area contributed by atoms with Crippen molar-refractivity contribution in [2.45, 2.75) is 39.5 Å². The van der Waals surface area contributed by atoms with Crippen molar-refractivity contribution in [3.8, 4) is 0 Å². The van der Waals surface area contributed by atoms with Crippen molar-refractivity contribution in [3.63, 3.8) is 0 Å². The van der Waals surface area contributed by atoms with E-state index in [1.54, 1.807) is 6.92 Å². The molecule has 1 unspecified atom stereocenters. The van der Waals surface area contributed by atoms with E-state index in [2.05, 4.69) is 17.6 Å². The topological polar surface area (TPSA) is 61.4 Å². The first kappa shape index (κ1) is 15.3. The number of hydrogen-bond acceptors (Lipinski definition) is 3. The maximum Gasteiger partial charge on any atom is 0.229 e. The molecule has 5 nitrogen and oxygen atoms in total. The summed E-state index contributed by atoms with van der Waals surface area (Å²) >= 11 is 0. The van der Waals surface area contributed by atoms with Gasteiger partial charge < -0.3 is 15.5 Å². The minimum Gasteiger partial charge on any atom is -0.356 e. The lowest BCUT2D eigenvalue weighted by Crippen LogP contribution is -2.52. The molecule has 0 aromatic carbocycles. The highest BCUT2D eigenvalue weighted by Gasteiger charge is 2.38. The van der Waals surface area contributed by atoms with Crippen molar-refractivity contribution in [1.29, 1.82) is 0 Å². The predicted molar refractivity (Wildman–Crippen MR) is 78.2 cm³/mol. The lowest BCUT2D eigenvalue weighted by Gasteiger charge is -2.40. The van der Waals surface area contributed by atoms with Crippen molar-refractivity contribution in [2.24, 2.45) is 11.3 Å². The minimum atomic E-state index is -0.220. The predicted octanol–water partition coefficient (Wildman–Crippen LogP) is 0.751. The summed E-state index contributed by atoms with van der Waals surface area (Å²) in [5.74, 6) is 0.854. The van der Waals surface area contributed by atoms with E-state index in [4.69, 9.17) is 0 Å². The normalized spacial score (nSPS) is 28.2. The zero-order chi connectivity index (χ0) is 14.6. The van der Waals surface area contributed by atoms with Gasteiger partial charge in [-0.05, 0) is 45.1 Å². The molecule has 0 bridgehead atoms. The Hall–Kier alpha value is -1.10. The average Bonchev–Trinajstić information content (AvgIpc) is 2.45. The van der Waals surface area contributed by atoms with Gasteiger partial charge in [-0.25, -0.2) is 0 Å². The number of piperidine rings is 2. The van der Waals surface area contributed by atoms with E-state index in [0.717, 1.165) is 58.4 Å². The van der Waals surface area contributed by atoms with Crippen LogP contribution in [-0.2, 0) is 9.59 Å². The molecule has 2 rings (SSSR count). The second-order valence-corrected chi connectivity index (χ2v) is 6.51. The fourth-order valence-electron chi connectivity index (χ4n) is 3.25. The number of carbonyl (C=O) groups is 2. The van der Waals surface area contributed by atoms with Crippen molar-refractivity contribution >= 4 is 11.8 Å². The second-order valence-electron chi connectivity index (χ2n) is 6.51. The van der Waals surface area contributed by atoms with Gasteiger partial charge in [-0.15, -0.1) is 0 Å². The Morgan fingerprint density at radius 3 is 2.60 bits per heavy atom. The van der Waals surface area contributed by atoms with Gasteiger partial charge in [-0.3, -0.25) is 9.59 Å². The quantitative estimate of drug-likeness (QED) is 0.802. The van der Waals surface area contributed by atoms with Gasteiger partial charge in [-0.2, -0.15) is 0 Å². The monoisotopic (exact) mass is 281 g/mol. The van der Waals surface area contributed by atoms with Crippen LogP contribution < -0.4 is 10.6 Å². The number of rotatable bonds is 3. The summed E-state index contributed by atoms with van der Waals surface area (Å²) in [5.41, 5.74) is -0.220. The van der Waals surface area contributed by atoms with Crippen LogP contribution >= 0.6 is 0 Å². The van der Waals surface area contributed by atoms with Crippen LogP contribution in [0, 0.1) is 11.3 Å². The van der Waals surface area contributed by atoms with Crippen LogP contribution in [-0.4, -0.2) is 49.4 Å². The minimum absolute atomic E-state index is 0.0318. The average molecular weight is 281 g/mol. The molecule has 2 N–H and O–H groups in total. The number of likely N-dealkylation sites (tertiary alicyclic amines) is 1.